The molecule has 1 heterocycles. The molecule has 0 aromatic heterocycles. The van der Waals surface area contributed by atoms with E-state index in [9.17, 15) is 9.90 Å². The summed E-state index contributed by atoms with van der Waals surface area (Å²) in [5.41, 5.74) is -2.00. The van der Waals surface area contributed by atoms with E-state index in [4.69, 9.17) is 10.00 Å². The summed E-state index contributed by atoms with van der Waals surface area (Å²) in [4.78, 5) is 13.3. The zero-order valence-corrected chi connectivity index (χ0v) is 10.7. The molecule has 1 aliphatic rings. The molecule has 1 unspecified atom stereocenters. The van der Waals surface area contributed by atoms with Gasteiger partial charge in [-0.25, -0.2) is 4.79 Å². The highest BCUT2D eigenvalue weighted by atomic mass is 16.6. The largest absolute Gasteiger partial charge is 0.444 e. The van der Waals surface area contributed by atoms with E-state index < -0.39 is 17.3 Å². The first kappa shape index (κ1) is 13.8. The van der Waals surface area contributed by atoms with Gasteiger partial charge in [0.2, 0.25) is 0 Å². The van der Waals surface area contributed by atoms with Crippen molar-refractivity contribution in [3.8, 4) is 6.07 Å². The summed E-state index contributed by atoms with van der Waals surface area (Å²) in [5, 5.41) is 18.9. The highest BCUT2D eigenvalue weighted by molar-refractivity contribution is 5.68. The second-order valence-electron chi connectivity index (χ2n) is 5.50. The summed E-state index contributed by atoms with van der Waals surface area (Å²) < 4.78 is 5.24. The van der Waals surface area contributed by atoms with Gasteiger partial charge in [-0.2, -0.15) is 5.26 Å². The van der Waals surface area contributed by atoms with Crippen LogP contribution in [0.25, 0.3) is 0 Å². The Hall–Kier alpha value is -1.28. The molecule has 1 saturated heterocycles. The maximum Gasteiger partial charge on any atom is 0.410 e. The van der Waals surface area contributed by atoms with Crippen LogP contribution in [0.4, 0.5) is 4.79 Å². The SMILES string of the molecule is CC(C)(C)OC(=O)N1CCCCC(O)(C#N)C1. The smallest absolute Gasteiger partial charge is 0.410 e. The predicted molar refractivity (Wildman–Crippen MR) is 62.2 cm³/mol. The maximum atomic E-state index is 11.9. The molecule has 0 aliphatic carbocycles. The van der Waals surface area contributed by atoms with Crippen LogP contribution in [-0.2, 0) is 4.74 Å². The molecular formula is C12H20N2O3. The van der Waals surface area contributed by atoms with Crippen LogP contribution in [0, 0.1) is 11.3 Å². The summed E-state index contributed by atoms with van der Waals surface area (Å²) in [6.07, 6.45) is 1.46. The van der Waals surface area contributed by atoms with Crippen molar-refractivity contribution < 1.29 is 14.6 Å². The topological polar surface area (TPSA) is 73.6 Å². The lowest BCUT2D eigenvalue weighted by molar-refractivity contribution is 0.00632. The standard InChI is InChI=1S/C12H20N2O3/c1-11(2,3)17-10(15)14-7-5-4-6-12(16,8-13)9-14/h16H,4-7,9H2,1-3H3. The number of likely N-dealkylation sites (tertiary alicyclic amines) is 1. The molecule has 17 heavy (non-hydrogen) atoms. The van der Waals surface area contributed by atoms with Crippen molar-refractivity contribution in [3.63, 3.8) is 0 Å². The first-order chi connectivity index (χ1) is 7.76. The van der Waals surface area contributed by atoms with Crippen LogP contribution in [0.3, 0.4) is 0 Å². The van der Waals surface area contributed by atoms with Gasteiger partial charge < -0.3 is 14.7 Å². The Balaban J connectivity index is 2.70. The van der Waals surface area contributed by atoms with Crippen LogP contribution in [-0.4, -0.2) is 40.4 Å². The molecule has 5 nitrogen and oxygen atoms in total. The van der Waals surface area contributed by atoms with Crippen molar-refractivity contribution in [2.24, 2.45) is 0 Å². The normalized spacial score (nSPS) is 25.9. The number of nitriles is 1. The van der Waals surface area contributed by atoms with E-state index in [2.05, 4.69) is 0 Å². The molecule has 1 amide bonds. The van der Waals surface area contributed by atoms with Crippen LogP contribution < -0.4 is 0 Å². The van der Waals surface area contributed by atoms with Gasteiger partial charge in [0, 0.05) is 6.54 Å². The highest BCUT2D eigenvalue weighted by Crippen LogP contribution is 2.21. The Kier molecular flexibility index (Phi) is 3.99. The Morgan fingerprint density at radius 3 is 2.65 bits per heavy atom. The van der Waals surface area contributed by atoms with Gasteiger partial charge in [0.1, 0.15) is 5.60 Å². The lowest BCUT2D eigenvalue weighted by Crippen LogP contribution is -2.45. The van der Waals surface area contributed by atoms with Gasteiger partial charge in [-0.3, -0.25) is 0 Å². The molecular weight excluding hydrogens is 220 g/mol. The third kappa shape index (κ3) is 4.23. The molecule has 0 saturated carbocycles. The summed E-state index contributed by atoms with van der Waals surface area (Å²) >= 11 is 0. The van der Waals surface area contributed by atoms with Crippen LogP contribution >= 0.6 is 0 Å². The average molecular weight is 240 g/mol. The number of ether oxygens (including phenoxy) is 1. The lowest BCUT2D eigenvalue weighted by Gasteiger charge is -2.29. The van der Waals surface area contributed by atoms with Crippen LogP contribution in [0.5, 0.6) is 0 Å². The zero-order valence-electron chi connectivity index (χ0n) is 10.7. The molecule has 0 spiro atoms. The van der Waals surface area contributed by atoms with E-state index in [1.807, 2.05) is 6.07 Å². The summed E-state index contributed by atoms with van der Waals surface area (Å²) in [5.74, 6) is 0. The molecule has 0 radical (unpaired) electrons. The van der Waals surface area contributed by atoms with Gasteiger partial charge in [0.25, 0.3) is 0 Å². The van der Waals surface area contributed by atoms with Crippen molar-refractivity contribution in [1.82, 2.24) is 4.90 Å². The first-order valence-electron chi connectivity index (χ1n) is 5.87. The van der Waals surface area contributed by atoms with Crippen molar-refractivity contribution in [2.75, 3.05) is 13.1 Å². The summed E-state index contributed by atoms with van der Waals surface area (Å²) in [6, 6.07) is 1.87. The Morgan fingerprint density at radius 1 is 1.47 bits per heavy atom. The maximum absolute atomic E-state index is 11.9. The molecule has 0 aromatic carbocycles. The quantitative estimate of drug-likeness (QED) is 0.653. The zero-order chi connectivity index (χ0) is 13.1. The molecule has 0 aromatic rings. The van der Waals surface area contributed by atoms with Gasteiger partial charge in [-0.05, 0) is 40.0 Å². The fraction of sp³-hybridized carbons (Fsp3) is 0.833. The number of rotatable bonds is 0. The van der Waals surface area contributed by atoms with E-state index in [0.717, 1.165) is 12.8 Å². The van der Waals surface area contributed by atoms with Gasteiger partial charge in [-0.15, -0.1) is 0 Å². The van der Waals surface area contributed by atoms with Crippen molar-refractivity contribution in [2.45, 2.75) is 51.2 Å². The van der Waals surface area contributed by atoms with Gasteiger partial charge >= 0.3 is 6.09 Å². The van der Waals surface area contributed by atoms with E-state index >= 15 is 0 Å². The van der Waals surface area contributed by atoms with Gasteiger partial charge in [0.15, 0.2) is 5.60 Å². The third-order valence-corrected chi connectivity index (χ3v) is 2.58. The molecule has 5 heteroatoms. The van der Waals surface area contributed by atoms with Crippen molar-refractivity contribution in [1.29, 1.82) is 5.26 Å². The average Bonchev–Trinajstić information content (AvgIpc) is 2.39. The number of β-amino-alcohol motifs (C(OH)–C–C–N with tert-alkyl or cyclic N) is 1. The number of carbonyl (C=O) groups excluding carboxylic acids is 1. The fourth-order valence-corrected chi connectivity index (χ4v) is 1.77. The third-order valence-electron chi connectivity index (χ3n) is 2.58. The summed E-state index contributed by atoms with van der Waals surface area (Å²) in [7, 11) is 0. The molecule has 1 aliphatic heterocycles. The highest BCUT2D eigenvalue weighted by Gasteiger charge is 2.35. The molecule has 96 valence electrons. The minimum Gasteiger partial charge on any atom is -0.444 e. The number of nitrogens with zero attached hydrogens (tertiary/aromatic N) is 2. The number of hydrogen-bond acceptors (Lipinski definition) is 4. The number of amides is 1. The number of aliphatic hydroxyl groups is 1. The van der Waals surface area contributed by atoms with Crippen molar-refractivity contribution >= 4 is 6.09 Å². The Bertz CT molecular complexity index is 330. The fourth-order valence-electron chi connectivity index (χ4n) is 1.77. The number of carbonyl (C=O) groups is 1. The van der Waals surface area contributed by atoms with E-state index in [-0.39, 0.29) is 6.54 Å². The number of hydrogen-bond donors (Lipinski definition) is 1. The minimum atomic E-state index is -1.44. The van der Waals surface area contributed by atoms with Gasteiger partial charge in [0.05, 0.1) is 12.6 Å². The van der Waals surface area contributed by atoms with Crippen LogP contribution in [0.2, 0.25) is 0 Å². The van der Waals surface area contributed by atoms with E-state index in [0.29, 0.717) is 13.0 Å². The Labute approximate surface area is 102 Å². The Morgan fingerprint density at radius 2 is 2.12 bits per heavy atom. The monoisotopic (exact) mass is 240 g/mol. The van der Waals surface area contributed by atoms with Crippen LogP contribution in [0.1, 0.15) is 40.0 Å². The van der Waals surface area contributed by atoms with Crippen molar-refractivity contribution in [3.05, 3.63) is 0 Å². The van der Waals surface area contributed by atoms with Crippen LogP contribution in [0.15, 0.2) is 0 Å². The van der Waals surface area contributed by atoms with Gasteiger partial charge in [-0.1, -0.05) is 0 Å². The lowest BCUT2D eigenvalue weighted by atomic mass is 10.0. The molecule has 1 atom stereocenters. The second kappa shape index (κ2) is 4.92. The second-order valence-corrected chi connectivity index (χ2v) is 5.50. The van der Waals surface area contributed by atoms with E-state index in [1.54, 1.807) is 20.8 Å². The summed E-state index contributed by atoms with van der Waals surface area (Å²) in [6.45, 7) is 5.93. The molecule has 1 rings (SSSR count). The minimum absolute atomic E-state index is 0.0262. The predicted octanol–water partition coefficient (Wildman–Crippen LogP) is 1.66. The first-order valence-corrected chi connectivity index (χ1v) is 5.87. The molecule has 1 N–H and O–H groups in total. The molecule has 1 fully saturated rings. The molecule has 0 bridgehead atoms. The van der Waals surface area contributed by atoms with E-state index in [1.165, 1.54) is 4.90 Å².